The van der Waals surface area contributed by atoms with Gasteiger partial charge in [-0.3, -0.25) is 19.6 Å². The second kappa shape index (κ2) is 8.43. The van der Waals surface area contributed by atoms with Crippen molar-refractivity contribution < 1.29 is 14.6 Å². The van der Waals surface area contributed by atoms with Gasteiger partial charge in [0.05, 0.1) is 30.9 Å². The van der Waals surface area contributed by atoms with Crippen molar-refractivity contribution in [2.45, 2.75) is 44.5 Å². The molecule has 7 nitrogen and oxygen atoms in total. The lowest BCUT2D eigenvalue weighted by Crippen LogP contribution is -2.62. The summed E-state index contributed by atoms with van der Waals surface area (Å²) < 4.78 is 5.38. The number of hydrogen-bond donors (Lipinski definition) is 2. The lowest BCUT2D eigenvalue weighted by Gasteiger charge is -2.42. The van der Waals surface area contributed by atoms with Gasteiger partial charge in [-0.05, 0) is 31.9 Å². The van der Waals surface area contributed by atoms with E-state index in [1.165, 1.54) is 0 Å². The van der Waals surface area contributed by atoms with E-state index in [1.54, 1.807) is 6.20 Å². The monoisotopic (exact) mass is 362 g/mol. The van der Waals surface area contributed by atoms with Crippen LogP contribution in [0.3, 0.4) is 0 Å². The largest absolute Gasteiger partial charge is 0.390 e. The summed E-state index contributed by atoms with van der Waals surface area (Å²) in [5.74, 6) is -0.0239. The molecule has 2 aliphatic rings. The van der Waals surface area contributed by atoms with E-state index < -0.39 is 11.6 Å². The highest BCUT2D eigenvalue weighted by atomic mass is 16.5. The van der Waals surface area contributed by atoms with Crippen LogP contribution in [0.5, 0.6) is 0 Å². The van der Waals surface area contributed by atoms with E-state index in [2.05, 4.69) is 20.1 Å². The smallest absolute Gasteiger partial charge is 0.240 e. The minimum absolute atomic E-state index is 0.0239. The van der Waals surface area contributed by atoms with E-state index in [1.807, 2.05) is 32.2 Å². The van der Waals surface area contributed by atoms with E-state index in [0.29, 0.717) is 19.8 Å². The van der Waals surface area contributed by atoms with E-state index in [4.69, 9.17) is 4.74 Å². The van der Waals surface area contributed by atoms with Crippen LogP contribution in [-0.2, 0) is 16.1 Å². The first-order chi connectivity index (χ1) is 12.5. The molecular formula is C19H30N4O3. The zero-order valence-corrected chi connectivity index (χ0v) is 15.7. The highest BCUT2D eigenvalue weighted by molar-refractivity contribution is 5.85. The van der Waals surface area contributed by atoms with E-state index in [-0.39, 0.29) is 11.9 Å². The van der Waals surface area contributed by atoms with Crippen molar-refractivity contribution in [3.8, 4) is 0 Å². The molecule has 0 bridgehead atoms. The number of morpholine rings is 1. The van der Waals surface area contributed by atoms with E-state index >= 15 is 0 Å². The number of nitrogens with zero attached hydrogens (tertiary/aromatic N) is 3. The second-order valence-electron chi connectivity index (χ2n) is 7.69. The molecule has 2 fully saturated rings. The van der Waals surface area contributed by atoms with Crippen molar-refractivity contribution in [2.75, 3.05) is 39.4 Å². The topological polar surface area (TPSA) is 77.9 Å². The molecule has 3 heterocycles. The Kier molecular flexibility index (Phi) is 6.24. The van der Waals surface area contributed by atoms with Gasteiger partial charge in [-0.15, -0.1) is 0 Å². The number of pyridine rings is 1. The number of likely N-dealkylation sites (tertiary alicyclic amines) is 1. The number of piperidine rings is 1. The molecular weight excluding hydrogens is 332 g/mol. The Labute approximate surface area is 155 Å². The lowest BCUT2D eigenvalue weighted by atomic mass is 9.96. The zero-order chi connectivity index (χ0) is 18.6. The minimum atomic E-state index is -0.601. The molecule has 0 aromatic carbocycles. The SMILES string of the molecule is CC(C)(C(=O)N[C@H]1CCN(Cc2cccnc2)C[C@@H]1O)N1CCOCC1. The fraction of sp³-hybridized carbons (Fsp3) is 0.684. The van der Waals surface area contributed by atoms with Crippen LogP contribution in [0.15, 0.2) is 24.5 Å². The molecule has 1 aromatic heterocycles. The molecule has 7 heteroatoms. The molecule has 2 saturated heterocycles. The molecule has 0 aliphatic carbocycles. The van der Waals surface area contributed by atoms with E-state index in [0.717, 1.165) is 38.2 Å². The van der Waals surface area contributed by atoms with Gasteiger partial charge < -0.3 is 15.2 Å². The summed E-state index contributed by atoms with van der Waals surface area (Å²) in [7, 11) is 0. The van der Waals surface area contributed by atoms with Gasteiger partial charge in [-0.25, -0.2) is 0 Å². The normalized spacial score (nSPS) is 25.8. The molecule has 1 aromatic rings. The number of amides is 1. The molecule has 2 aliphatic heterocycles. The van der Waals surface area contributed by atoms with Crippen molar-refractivity contribution in [1.29, 1.82) is 0 Å². The number of carbonyl (C=O) groups excluding carboxylic acids is 1. The molecule has 2 N–H and O–H groups in total. The van der Waals surface area contributed by atoms with Gasteiger partial charge in [-0.2, -0.15) is 0 Å². The summed E-state index contributed by atoms with van der Waals surface area (Å²) in [4.78, 5) is 21.3. The van der Waals surface area contributed by atoms with Gasteiger partial charge in [0, 0.05) is 45.1 Å². The Morgan fingerprint density at radius 1 is 1.38 bits per heavy atom. The molecule has 0 unspecified atom stereocenters. The van der Waals surface area contributed by atoms with Crippen molar-refractivity contribution in [3.05, 3.63) is 30.1 Å². The van der Waals surface area contributed by atoms with Crippen LogP contribution in [-0.4, -0.2) is 82.9 Å². The van der Waals surface area contributed by atoms with Crippen molar-refractivity contribution in [3.63, 3.8) is 0 Å². The Morgan fingerprint density at radius 2 is 2.15 bits per heavy atom. The molecule has 0 saturated carbocycles. The number of ether oxygens (including phenoxy) is 1. The molecule has 0 spiro atoms. The summed E-state index contributed by atoms with van der Waals surface area (Å²) in [6.07, 6.45) is 3.79. The number of nitrogens with one attached hydrogen (secondary N) is 1. The number of aliphatic hydroxyl groups is 1. The number of β-amino-alcohol motifs (C(OH)–C–C–N with tert-alkyl or cyclic N) is 1. The Morgan fingerprint density at radius 3 is 2.81 bits per heavy atom. The Hall–Kier alpha value is -1.54. The van der Waals surface area contributed by atoms with Crippen LogP contribution < -0.4 is 5.32 Å². The minimum Gasteiger partial charge on any atom is -0.390 e. The van der Waals surface area contributed by atoms with Crippen LogP contribution >= 0.6 is 0 Å². The zero-order valence-electron chi connectivity index (χ0n) is 15.7. The maximum atomic E-state index is 12.8. The summed E-state index contributed by atoms with van der Waals surface area (Å²) >= 11 is 0. The Bertz CT molecular complexity index is 590. The maximum absolute atomic E-state index is 12.8. The number of rotatable bonds is 5. The van der Waals surface area contributed by atoms with Crippen LogP contribution in [0.2, 0.25) is 0 Å². The molecule has 3 rings (SSSR count). The third kappa shape index (κ3) is 4.59. The highest BCUT2D eigenvalue weighted by Gasteiger charge is 2.38. The molecule has 144 valence electrons. The van der Waals surface area contributed by atoms with Crippen molar-refractivity contribution in [1.82, 2.24) is 20.1 Å². The first-order valence-electron chi connectivity index (χ1n) is 9.40. The number of aromatic nitrogens is 1. The highest BCUT2D eigenvalue weighted by Crippen LogP contribution is 2.19. The van der Waals surface area contributed by atoms with Gasteiger partial charge in [0.25, 0.3) is 0 Å². The predicted molar refractivity (Wildman–Crippen MR) is 98.5 cm³/mol. The average Bonchev–Trinajstić information content (AvgIpc) is 2.65. The molecule has 2 atom stereocenters. The van der Waals surface area contributed by atoms with Crippen molar-refractivity contribution >= 4 is 5.91 Å². The number of carbonyl (C=O) groups is 1. The average molecular weight is 362 g/mol. The maximum Gasteiger partial charge on any atom is 0.240 e. The van der Waals surface area contributed by atoms with Gasteiger partial charge in [0.15, 0.2) is 0 Å². The molecule has 26 heavy (non-hydrogen) atoms. The molecule has 1 amide bonds. The summed E-state index contributed by atoms with van der Waals surface area (Å²) in [5.41, 5.74) is 0.534. The summed E-state index contributed by atoms with van der Waals surface area (Å²) in [6.45, 7) is 8.88. The summed E-state index contributed by atoms with van der Waals surface area (Å²) in [6, 6.07) is 3.76. The van der Waals surface area contributed by atoms with E-state index in [9.17, 15) is 9.90 Å². The first kappa shape index (κ1) is 19.2. The number of aliphatic hydroxyl groups excluding tert-OH is 1. The lowest BCUT2D eigenvalue weighted by molar-refractivity contribution is -0.136. The number of hydrogen-bond acceptors (Lipinski definition) is 6. The second-order valence-corrected chi connectivity index (χ2v) is 7.69. The first-order valence-corrected chi connectivity index (χ1v) is 9.40. The van der Waals surface area contributed by atoms with Crippen LogP contribution in [0.1, 0.15) is 25.8 Å². The Balaban J connectivity index is 1.52. The van der Waals surface area contributed by atoms with Crippen molar-refractivity contribution in [2.24, 2.45) is 0 Å². The van der Waals surface area contributed by atoms with Crippen LogP contribution in [0.25, 0.3) is 0 Å². The summed E-state index contributed by atoms with van der Waals surface area (Å²) in [5, 5.41) is 13.6. The van der Waals surface area contributed by atoms with Crippen LogP contribution in [0, 0.1) is 0 Å². The third-order valence-electron chi connectivity index (χ3n) is 5.47. The predicted octanol–water partition coefficient (Wildman–Crippen LogP) is 0.244. The van der Waals surface area contributed by atoms with Crippen LogP contribution in [0.4, 0.5) is 0 Å². The van der Waals surface area contributed by atoms with Gasteiger partial charge in [0.1, 0.15) is 0 Å². The quantitative estimate of drug-likeness (QED) is 0.782. The van der Waals surface area contributed by atoms with Gasteiger partial charge in [0.2, 0.25) is 5.91 Å². The van der Waals surface area contributed by atoms with Gasteiger partial charge >= 0.3 is 0 Å². The van der Waals surface area contributed by atoms with Gasteiger partial charge in [-0.1, -0.05) is 6.07 Å². The fourth-order valence-electron chi connectivity index (χ4n) is 3.67. The molecule has 0 radical (unpaired) electrons. The fourth-order valence-corrected chi connectivity index (χ4v) is 3.67. The standard InChI is InChI=1S/C19H30N4O3/c1-19(2,23-8-10-26-11-9-23)18(25)21-16-5-7-22(14-17(16)24)13-15-4-3-6-20-12-15/h3-4,6,12,16-17,24H,5,7-11,13-14H2,1-2H3,(H,21,25)/t16-,17-/m0/s1. The third-order valence-corrected chi connectivity index (χ3v) is 5.47.